The highest BCUT2D eigenvalue weighted by atomic mass is 32.1. The average Bonchev–Trinajstić information content (AvgIpc) is 2.95. The SMILES string of the molecule is CC(C)N(Cc1cccs1)C(=O)c1nc(N)n[nH]1. The second-order valence-corrected chi connectivity index (χ2v) is 5.18. The Labute approximate surface area is 109 Å². The number of anilines is 1. The number of aromatic amines is 1. The van der Waals surface area contributed by atoms with Crippen LogP contribution in [0, 0.1) is 0 Å². The van der Waals surface area contributed by atoms with E-state index < -0.39 is 0 Å². The van der Waals surface area contributed by atoms with Crippen LogP contribution in [0.4, 0.5) is 5.95 Å². The van der Waals surface area contributed by atoms with Crippen LogP contribution in [0.2, 0.25) is 0 Å². The Morgan fingerprint density at radius 2 is 2.39 bits per heavy atom. The molecule has 0 saturated heterocycles. The quantitative estimate of drug-likeness (QED) is 0.876. The van der Waals surface area contributed by atoms with Gasteiger partial charge in [-0.05, 0) is 25.3 Å². The Morgan fingerprint density at radius 3 is 2.89 bits per heavy atom. The third-order valence-corrected chi connectivity index (χ3v) is 3.36. The number of carbonyl (C=O) groups is 1. The molecule has 0 spiro atoms. The van der Waals surface area contributed by atoms with Gasteiger partial charge in [0.1, 0.15) is 0 Å². The lowest BCUT2D eigenvalue weighted by molar-refractivity contribution is 0.0680. The van der Waals surface area contributed by atoms with Crippen molar-refractivity contribution >= 4 is 23.2 Å². The second kappa shape index (κ2) is 5.18. The number of H-pyrrole nitrogens is 1. The molecule has 0 saturated carbocycles. The average molecular weight is 265 g/mol. The number of nitrogen functional groups attached to an aromatic ring is 1. The van der Waals surface area contributed by atoms with E-state index in [4.69, 9.17) is 5.73 Å². The predicted octanol–water partition coefficient (Wildman–Crippen LogP) is 1.50. The molecule has 0 aromatic carbocycles. The van der Waals surface area contributed by atoms with E-state index in [1.807, 2.05) is 31.4 Å². The molecule has 7 heteroatoms. The number of rotatable bonds is 4. The smallest absolute Gasteiger partial charge is 0.291 e. The van der Waals surface area contributed by atoms with Crippen LogP contribution in [0.1, 0.15) is 29.3 Å². The first-order chi connectivity index (χ1) is 8.58. The van der Waals surface area contributed by atoms with Crippen LogP contribution >= 0.6 is 11.3 Å². The van der Waals surface area contributed by atoms with Crippen molar-refractivity contribution in [3.63, 3.8) is 0 Å². The zero-order chi connectivity index (χ0) is 13.1. The van der Waals surface area contributed by atoms with E-state index in [1.54, 1.807) is 16.2 Å². The lowest BCUT2D eigenvalue weighted by atomic mass is 10.3. The van der Waals surface area contributed by atoms with Gasteiger partial charge in [0.25, 0.3) is 5.91 Å². The summed E-state index contributed by atoms with van der Waals surface area (Å²) in [5.41, 5.74) is 5.41. The van der Waals surface area contributed by atoms with E-state index in [-0.39, 0.29) is 23.7 Å². The molecular formula is C11H15N5OS. The fourth-order valence-electron chi connectivity index (χ4n) is 1.57. The van der Waals surface area contributed by atoms with Gasteiger partial charge in [-0.15, -0.1) is 16.4 Å². The van der Waals surface area contributed by atoms with E-state index >= 15 is 0 Å². The summed E-state index contributed by atoms with van der Waals surface area (Å²) in [6.45, 7) is 4.49. The molecule has 6 nitrogen and oxygen atoms in total. The number of nitrogens with one attached hydrogen (secondary N) is 1. The molecule has 0 bridgehead atoms. The molecule has 0 atom stereocenters. The van der Waals surface area contributed by atoms with E-state index in [0.717, 1.165) is 4.88 Å². The van der Waals surface area contributed by atoms with E-state index in [1.165, 1.54) is 0 Å². The first-order valence-electron chi connectivity index (χ1n) is 5.59. The van der Waals surface area contributed by atoms with Gasteiger partial charge in [0.2, 0.25) is 11.8 Å². The Morgan fingerprint density at radius 1 is 1.61 bits per heavy atom. The lowest BCUT2D eigenvalue weighted by Crippen LogP contribution is -2.36. The largest absolute Gasteiger partial charge is 0.366 e. The first-order valence-corrected chi connectivity index (χ1v) is 6.47. The molecule has 0 aliphatic heterocycles. The predicted molar refractivity (Wildman–Crippen MR) is 70.1 cm³/mol. The summed E-state index contributed by atoms with van der Waals surface area (Å²) < 4.78 is 0. The molecule has 2 aromatic rings. The molecular weight excluding hydrogens is 250 g/mol. The molecule has 3 N–H and O–H groups in total. The van der Waals surface area contributed by atoms with E-state index in [9.17, 15) is 4.79 Å². The normalized spacial score (nSPS) is 10.8. The van der Waals surface area contributed by atoms with Crippen molar-refractivity contribution in [2.24, 2.45) is 0 Å². The minimum atomic E-state index is -0.192. The zero-order valence-corrected chi connectivity index (χ0v) is 11.1. The molecule has 96 valence electrons. The topological polar surface area (TPSA) is 87.9 Å². The molecule has 0 fully saturated rings. The number of hydrogen-bond acceptors (Lipinski definition) is 5. The van der Waals surface area contributed by atoms with Crippen molar-refractivity contribution in [1.29, 1.82) is 0 Å². The molecule has 0 aliphatic carbocycles. The number of amides is 1. The second-order valence-electron chi connectivity index (χ2n) is 4.15. The Hall–Kier alpha value is -1.89. The fourth-order valence-corrected chi connectivity index (χ4v) is 2.27. The third-order valence-electron chi connectivity index (χ3n) is 2.50. The van der Waals surface area contributed by atoms with Gasteiger partial charge < -0.3 is 10.6 Å². The van der Waals surface area contributed by atoms with E-state index in [2.05, 4.69) is 15.2 Å². The van der Waals surface area contributed by atoms with E-state index in [0.29, 0.717) is 6.54 Å². The van der Waals surface area contributed by atoms with Crippen molar-refractivity contribution in [3.8, 4) is 0 Å². The highest BCUT2D eigenvalue weighted by molar-refractivity contribution is 7.09. The summed E-state index contributed by atoms with van der Waals surface area (Å²) in [7, 11) is 0. The van der Waals surface area contributed by atoms with Gasteiger partial charge >= 0.3 is 0 Å². The van der Waals surface area contributed by atoms with Gasteiger partial charge in [-0.1, -0.05) is 6.07 Å². The van der Waals surface area contributed by atoms with Gasteiger partial charge in [0.15, 0.2) is 0 Å². The van der Waals surface area contributed by atoms with Crippen molar-refractivity contribution in [2.75, 3.05) is 5.73 Å². The van der Waals surface area contributed by atoms with Gasteiger partial charge in [0.05, 0.1) is 6.54 Å². The minimum Gasteiger partial charge on any atom is -0.366 e. The third kappa shape index (κ3) is 2.67. The van der Waals surface area contributed by atoms with Crippen LogP contribution in [0.3, 0.4) is 0 Å². The van der Waals surface area contributed by atoms with Crippen molar-refractivity contribution in [2.45, 2.75) is 26.4 Å². The Bertz CT molecular complexity index is 519. The van der Waals surface area contributed by atoms with Crippen LogP contribution in [-0.4, -0.2) is 32.0 Å². The summed E-state index contributed by atoms with van der Waals surface area (Å²) >= 11 is 1.62. The van der Waals surface area contributed by atoms with Crippen LogP contribution in [0.15, 0.2) is 17.5 Å². The maximum absolute atomic E-state index is 12.3. The van der Waals surface area contributed by atoms with Gasteiger partial charge in [-0.2, -0.15) is 4.98 Å². The van der Waals surface area contributed by atoms with Crippen molar-refractivity contribution in [1.82, 2.24) is 20.1 Å². The summed E-state index contributed by atoms with van der Waals surface area (Å²) in [5.74, 6) is 0.0681. The van der Waals surface area contributed by atoms with Gasteiger partial charge in [-0.25, -0.2) is 0 Å². The van der Waals surface area contributed by atoms with Crippen LogP contribution in [-0.2, 0) is 6.54 Å². The number of thiophene rings is 1. The molecule has 2 heterocycles. The molecule has 2 aromatic heterocycles. The maximum atomic E-state index is 12.3. The van der Waals surface area contributed by atoms with Crippen molar-refractivity contribution in [3.05, 3.63) is 28.2 Å². The zero-order valence-electron chi connectivity index (χ0n) is 10.3. The number of nitrogens with two attached hydrogens (primary N) is 1. The first kappa shape index (κ1) is 12.6. The number of aromatic nitrogens is 3. The number of carbonyl (C=O) groups excluding carboxylic acids is 1. The molecule has 0 unspecified atom stereocenters. The summed E-state index contributed by atoms with van der Waals surface area (Å²) in [4.78, 5) is 19.0. The van der Waals surface area contributed by atoms with Crippen molar-refractivity contribution < 1.29 is 4.79 Å². The Kier molecular flexibility index (Phi) is 3.61. The Balaban J connectivity index is 2.17. The molecule has 2 rings (SSSR count). The molecule has 1 amide bonds. The van der Waals surface area contributed by atoms with Crippen LogP contribution in [0.5, 0.6) is 0 Å². The van der Waals surface area contributed by atoms with Crippen LogP contribution < -0.4 is 5.73 Å². The summed E-state index contributed by atoms with van der Waals surface area (Å²) in [5, 5.41) is 8.21. The van der Waals surface area contributed by atoms with Crippen LogP contribution in [0.25, 0.3) is 0 Å². The molecule has 0 aliphatic rings. The lowest BCUT2D eigenvalue weighted by Gasteiger charge is -2.25. The molecule has 0 radical (unpaired) electrons. The number of hydrogen-bond donors (Lipinski definition) is 2. The summed E-state index contributed by atoms with van der Waals surface area (Å²) in [6, 6.07) is 4.04. The highest BCUT2D eigenvalue weighted by Crippen LogP contribution is 2.15. The molecule has 18 heavy (non-hydrogen) atoms. The minimum absolute atomic E-state index is 0.0749. The summed E-state index contributed by atoms with van der Waals surface area (Å²) in [6.07, 6.45) is 0. The standard InChI is InChI=1S/C11H15N5OS/c1-7(2)16(6-8-4-3-5-18-8)10(17)9-13-11(12)15-14-9/h3-5,7H,6H2,1-2H3,(H3,12,13,14,15). The van der Waals surface area contributed by atoms with Gasteiger partial charge in [0, 0.05) is 10.9 Å². The number of nitrogens with zero attached hydrogens (tertiary/aromatic N) is 3. The highest BCUT2D eigenvalue weighted by Gasteiger charge is 2.22. The monoisotopic (exact) mass is 265 g/mol. The van der Waals surface area contributed by atoms with Gasteiger partial charge in [-0.3, -0.25) is 9.89 Å². The maximum Gasteiger partial charge on any atom is 0.291 e. The fraction of sp³-hybridized carbons (Fsp3) is 0.364.